The molecule has 0 saturated carbocycles. The van der Waals surface area contributed by atoms with Crippen LogP contribution in [0.3, 0.4) is 0 Å². The molecule has 0 spiro atoms. The predicted octanol–water partition coefficient (Wildman–Crippen LogP) is 2.89. The van der Waals surface area contributed by atoms with E-state index in [0.29, 0.717) is 16.9 Å². The molecule has 2 aromatic rings. The summed E-state index contributed by atoms with van der Waals surface area (Å²) >= 11 is 0. The largest absolute Gasteiger partial charge is 0.496 e. The smallest absolute Gasteiger partial charge is 0.275 e. The Labute approximate surface area is 131 Å². The SMILES string of the molecule is COc1ccccc1/C=C1\N=C(c2ccc(F)c(F)c2)NC1=O. The van der Waals surface area contributed by atoms with E-state index in [-0.39, 0.29) is 11.5 Å². The number of benzene rings is 2. The van der Waals surface area contributed by atoms with Crippen molar-refractivity contribution in [1.82, 2.24) is 5.32 Å². The molecule has 4 nitrogen and oxygen atoms in total. The number of carbonyl (C=O) groups is 1. The molecule has 116 valence electrons. The van der Waals surface area contributed by atoms with E-state index in [9.17, 15) is 13.6 Å². The molecule has 23 heavy (non-hydrogen) atoms. The minimum Gasteiger partial charge on any atom is -0.496 e. The molecule has 1 aliphatic rings. The zero-order chi connectivity index (χ0) is 16.4. The third-order valence-corrected chi connectivity index (χ3v) is 3.32. The summed E-state index contributed by atoms with van der Waals surface area (Å²) in [6.07, 6.45) is 1.57. The summed E-state index contributed by atoms with van der Waals surface area (Å²) in [5.74, 6) is -1.60. The van der Waals surface area contributed by atoms with Crippen LogP contribution in [0, 0.1) is 11.6 Å². The lowest BCUT2D eigenvalue weighted by molar-refractivity contribution is -0.115. The minimum absolute atomic E-state index is 0.161. The number of rotatable bonds is 3. The molecule has 2 aromatic carbocycles. The summed E-state index contributed by atoms with van der Waals surface area (Å²) in [5, 5.41) is 2.54. The Hall–Kier alpha value is -3.02. The van der Waals surface area contributed by atoms with E-state index in [0.717, 1.165) is 12.1 Å². The highest BCUT2D eigenvalue weighted by Crippen LogP contribution is 2.22. The van der Waals surface area contributed by atoms with Crippen LogP contribution in [0.1, 0.15) is 11.1 Å². The third kappa shape index (κ3) is 2.96. The minimum atomic E-state index is -0.999. The van der Waals surface area contributed by atoms with E-state index in [2.05, 4.69) is 10.3 Å². The summed E-state index contributed by atoms with van der Waals surface area (Å²) in [6, 6.07) is 10.5. The van der Waals surface area contributed by atoms with Gasteiger partial charge in [0, 0.05) is 11.1 Å². The molecule has 6 heteroatoms. The van der Waals surface area contributed by atoms with Crippen LogP contribution in [0.15, 0.2) is 53.2 Å². The molecule has 1 heterocycles. The fraction of sp³-hybridized carbons (Fsp3) is 0.0588. The lowest BCUT2D eigenvalue weighted by atomic mass is 10.1. The van der Waals surface area contributed by atoms with Crippen LogP contribution >= 0.6 is 0 Å². The average Bonchev–Trinajstić information content (AvgIpc) is 2.91. The number of amides is 1. The van der Waals surface area contributed by atoms with E-state index in [1.165, 1.54) is 13.2 Å². The fourth-order valence-corrected chi connectivity index (χ4v) is 2.18. The van der Waals surface area contributed by atoms with Crippen molar-refractivity contribution >= 4 is 17.8 Å². The normalized spacial score (nSPS) is 15.5. The van der Waals surface area contributed by atoms with Crippen LogP contribution in [0.4, 0.5) is 8.78 Å². The van der Waals surface area contributed by atoms with E-state index in [1.54, 1.807) is 18.2 Å². The zero-order valence-corrected chi connectivity index (χ0v) is 12.1. The van der Waals surface area contributed by atoms with Crippen molar-refractivity contribution in [3.05, 3.63) is 70.9 Å². The van der Waals surface area contributed by atoms with Crippen molar-refractivity contribution < 1.29 is 18.3 Å². The lowest BCUT2D eigenvalue weighted by Gasteiger charge is -2.03. The van der Waals surface area contributed by atoms with E-state index in [4.69, 9.17) is 4.74 Å². The van der Waals surface area contributed by atoms with Gasteiger partial charge in [-0.25, -0.2) is 13.8 Å². The first-order chi connectivity index (χ1) is 11.1. The highest BCUT2D eigenvalue weighted by Gasteiger charge is 2.22. The molecular weight excluding hydrogens is 302 g/mol. The second-order valence-electron chi connectivity index (χ2n) is 4.81. The first-order valence-corrected chi connectivity index (χ1v) is 6.78. The second-order valence-corrected chi connectivity index (χ2v) is 4.81. The van der Waals surface area contributed by atoms with Crippen LogP contribution in [-0.4, -0.2) is 18.9 Å². The lowest BCUT2D eigenvalue weighted by Crippen LogP contribution is -2.24. The van der Waals surface area contributed by atoms with E-state index in [1.807, 2.05) is 12.1 Å². The maximum atomic E-state index is 13.3. The molecule has 0 atom stereocenters. The summed E-state index contributed by atoms with van der Waals surface area (Å²) in [7, 11) is 1.53. The molecular formula is C17H12F2N2O2. The molecule has 0 radical (unpaired) electrons. The van der Waals surface area contributed by atoms with Gasteiger partial charge in [0.05, 0.1) is 7.11 Å². The number of halogens is 2. The van der Waals surface area contributed by atoms with Crippen LogP contribution in [0.5, 0.6) is 5.75 Å². The third-order valence-electron chi connectivity index (χ3n) is 3.32. The monoisotopic (exact) mass is 314 g/mol. The van der Waals surface area contributed by atoms with Crippen molar-refractivity contribution in [2.75, 3.05) is 7.11 Å². The molecule has 0 fully saturated rings. The van der Waals surface area contributed by atoms with Crippen LogP contribution < -0.4 is 10.1 Å². The highest BCUT2D eigenvalue weighted by molar-refractivity contribution is 6.19. The number of aliphatic imine (C=N–C) groups is 1. The average molecular weight is 314 g/mol. The zero-order valence-electron chi connectivity index (χ0n) is 12.1. The van der Waals surface area contributed by atoms with Gasteiger partial charge in [-0.3, -0.25) is 4.79 Å². The van der Waals surface area contributed by atoms with Crippen molar-refractivity contribution in [3.63, 3.8) is 0 Å². The topological polar surface area (TPSA) is 50.7 Å². The Balaban J connectivity index is 1.98. The van der Waals surface area contributed by atoms with Gasteiger partial charge in [0.1, 0.15) is 17.3 Å². The Kier molecular flexibility index (Phi) is 3.89. The van der Waals surface area contributed by atoms with Gasteiger partial charge in [-0.15, -0.1) is 0 Å². The van der Waals surface area contributed by atoms with Crippen molar-refractivity contribution in [2.24, 2.45) is 4.99 Å². The number of methoxy groups -OCH3 is 1. The number of nitrogens with zero attached hydrogens (tertiary/aromatic N) is 1. The Bertz CT molecular complexity index is 844. The summed E-state index contributed by atoms with van der Waals surface area (Å²) in [6.45, 7) is 0. The van der Waals surface area contributed by atoms with Crippen LogP contribution in [0.25, 0.3) is 6.08 Å². The summed E-state index contributed by atoms with van der Waals surface area (Å²) in [5.41, 5.74) is 1.14. The van der Waals surface area contributed by atoms with Crippen LogP contribution in [0.2, 0.25) is 0 Å². The standard InChI is InChI=1S/C17H12F2N2O2/c1-23-15-5-3-2-4-10(15)9-14-17(22)21-16(20-14)11-6-7-12(18)13(19)8-11/h2-9H,1H3,(H,20,21,22)/b14-9-. The van der Waals surface area contributed by atoms with Crippen molar-refractivity contribution in [1.29, 1.82) is 0 Å². The Morgan fingerprint density at radius 2 is 1.91 bits per heavy atom. The second kappa shape index (κ2) is 6.00. The molecule has 0 unspecified atom stereocenters. The molecule has 0 aliphatic carbocycles. The number of hydrogen-bond acceptors (Lipinski definition) is 3. The number of carbonyl (C=O) groups excluding carboxylic acids is 1. The number of ether oxygens (including phenoxy) is 1. The van der Waals surface area contributed by atoms with E-state index >= 15 is 0 Å². The molecule has 3 rings (SSSR count). The molecule has 1 N–H and O–H groups in total. The van der Waals surface area contributed by atoms with Gasteiger partial charge in [0.2, 0.25) is 0 Å². The number of nitrogens with one attached hydrogen (secondary N) is 1. The molecule has 0 aromatic heterocycles. The van der Waals surface area contributed by atoms with E-state index < -0.39 is 17.5 Å². The van der Waals surface area contributed by atoms with Crippen molar-refractivity contribution in [2.45, 2.75) is 0 Å². The fourth-order valence-electron chi connectivity index (χ4n) is 2.18. The predicted molar refractivity (Wildman–Crippen MR) is 82.0 cm³/mol. The van der Waals surface area contributed by atoms with Gasteiger partial charge in [-0.05, 0) is 30.3 Å². The maximum absolute atomic E-state index is 13.3. The molecule has 1 aliphatic heterocycles. The Morgan fingerprint density at radius 3 is 2.65 bits per heavy atom. The van der Waals surface area contributed by atoms with Gasteiger partial charge >= 0.3 is 0 Å². The summed E-state index contributed by atoms with van der Waals surface area (Å²) in [4.78, 5) is 16.2. The number of hydrogen-bond donors (Lipinski definition) is 1. The molecule has 0 saturated heterocycles. The van der Waals surface area contributed by atoms with Gasteiger partial charge in [0.25, 0.3) is 5.91 Å². The Morgan fingerprint density at radius 1 is 1.13 bits per heavy atom. The summed E-state index contributed by atoms with van der Waals surface area (Å²) < 4.78 is 31.5. The van der Waals surface area contributed by atoms with Gasteiger partial charge < -0.3 is 10.1 Å². The van der Waals surface area contributed by atoms with Crippen LogP contribution in [-0.2, 0) is 4.79 Å². The molecule has 1 amide bonds. The van der Waals surface area contributed by atoms with Gasteiger partial charge in [0.15, 0.2) is 11.6 Å². The first kappa shape index (κ1) is 14.9. The van der Waals surface area contributed by atoms with Gasteiger partial charge in [-0.1, -0.05) is 18.2 Å². The highest BCUT2D eigenvalue weighted by atomic mass is 19.2. The maximum Gasteiger partial charge on any atom is 0.275 e. The number of para-hydroxylation sites is 1. The van der Waals surface area contributed by atoms with Crippen molar-refractivity contribution in [3.8, 4) is 5.75 Å². The number of amidine groups is 1. The quantitative estimate of drug-likeness (QED) is 0.886. The van der Waals surface area contributed by atoms with Gasteiger partial charge in [-0.2, -0.15) is 0 Å². The molecule has 0 bridgehead atoms. The first-order valence-electron chi connectivity index (χ1n) is 6.78.